The van der Waals surface area contributed by atoms with Crippen LogP contribution in [0.15, 0.2) is 35.2 Å². The Balaban J connectivity index is 1.77. The first-order valence-electron chi connectivity index (χ1n) is 11.3. The topological polar surface area (TPSA) is 109 Å². The van der Waals surface area contributed by atoms with Gasteiger partial charge >= 0.3 is 17.9 Å². The van der Waals surface area contributed by atoms with Crippen LogP contribution in [0.25, 0.3) is 0 Å². The molecule has 1 aromatic rings. The Labute approximate surface area is 192 Å². The zero-order chi connectivity index (χ0) is 24.0. The van der Waals surface area contributed by atoms with Crippen molar-refractivity contribution in [1.82, 2.24) is 0 Å². The lowest BCUT2D eigenvalue weighted by Crippen LogP contribution is -2.64. The van der Waals surface area contributed by atoms with Gasteiger partial charge in [0.15, 0.2) is 11.9 Å². The molecule has 2 aliphatic carbocycles. The third-order valence-corrected chi connectivity index (χ3v) is 8.06. The molecule has 0 aromatic carbocycles. The van der Waals surface area contributed by atoms with Crippen LogP contribution in [0.3, 0.4) is 0 Å². The second-order valence-electron chi connectivity index (χ2n) is 9.86. The molecule has 2 saturated carbocycles. The van der Waals surface area contributed by atoms with Crippen molar-refractivity contribution in [2.45, 2.75) is 58.7 Å². The second kappa shape index (κ2) is 8.47. The zero-order valence-corrected chi connectivity index (χ0v) is 19.4. The van der Waals surface area contributed by atoms with E-state index in [-0.39, 0.29) is 18.2 Å². The average Bonchev–Trinajstić information content (AvgIpc) is 3.29. The summed E-state index contributed by atoms with van der Waals surface area (Å²) in [5, 5.41) is 0. The summed E-state index contributed by atoms with van der Waals surface area (Å²) in [5.41, 5.74) is -0.810. The van der Waals surface area contributed by atoms with Gasteiger partial charge in [0.25, 0.3) is 0 Å². The molecule has 4 rings (SSSR count). The lowest BCUT2D eigenvalue weighted by Gasteiger charge is -2.60. The van der Waals surface area contributed by atoms with Crippen LogP contribution >= 0.6 is 0 Å². The molecular formula is C25H30O8. The van der Waals surface area contributed by atoms with E-state index in [0.717, 1.165) is 5.56 Å². The molecule has 1 aromatic heterocycles. The monoisotopic (exact) mass is 458 g/mol. The van der Waals surface area contributed by atoms with Crippen molar-refractivity contribution >= 4 is 23.7 Å². The quantitative estimate of drug-likeness (QED) is 0.383. The summed E-state index contributed by atoms with van der Waals surface area (Å²) in [6.07, 6.45) is 5.63. The number of hydrogen-bond acceptors (Lipinski definition) is 8. The van der Waals surface area contributed by atoms with Crippen molar-refractivity contribution in [1.29, 1.82) is 0 Å². The molecule has 33 heavy (non-hydrogen) atoms. The van der Waals surface area contributed by atoms with Gasteiger partial charge in [-0.3, -0.25) is 14.4 Å². The summed E-state index contributed by atoms with van der Waals surface area (Å²) in [7, 11) is 1.32. The highest BCUT2D eigenvalue weighted by Gasteiger charge is 2.67. The summed E-state index contributed by atoms with van der Waals surface area (Å²) < 4.78 is 21.5. The van der Waals surface area contributed by atoms with Crippen LogP contribution in [0.2, 0.25) is 0 Å². The molecule has 178 valence electrons. The fourth-order valence-corrected chi connectivity index (χ4v) is 6.58. The number of ketones is 1. The summed E-state index contributed by atoms with van der Waals surface area (Å²) in [6, 6.07) is 1.74. The fourth-order valence-electron chi connectivity index (χ4n) is 6.58. The van der Waals surface area contributed by atoms with Crippen molar-refractivity contribution in [2.24, 2.45) is 28.6 Å². The lowest BCUT2D eigenvalue weighted by atomic mass is 9.43. The van der Waals surface area contributed by atoms with Gasteiger partial charge < -0.3 is 18.6 Å². The van der Waals surface area contributed by atoms with Crippen LogP contribution in [0, 0.1) is 28.6 Å². The summed E-state index contributed by atoms with van der Waals surface area (Å²) >= 11 is 0. The molecule has 1 aliphatic heterocycles. The van der Waals surface area contributed by atoms with Gasteiger partial charge in [-0.05, 0) is 43.1 Å². The molecule has 0 spiro atoms. The van der Waals surface area contributed by atoms with E-state index < -0.39 is 52.7 Å². The normalized spacial score (nSPS) is 38.2. The number of allylic oxidation sites excluding steroid dienone is 1. The number of fused-ring (bicyclic) bond motifs is 3. The fraction of sp³-hybridized carbons (Fsp3) is 0.600. The van der Waals surface area contributed by atoms with Crippen molar-refractivity contribution in [3.63, 3.8) is 0 Å². The maximum absolute atomic E-state index is 13.9. The Morgan fingerprint density at radius 2 is 1.97 bits per heavy atom. The molecule has 0 bridgehead atoms. The molecular weight excluding hydrogens is 428 g/mol. The van der Waals surface area contributed by atoms with Crippen LogP contribution in [-0.4, -0.2) is 36.9 Å². The van der Waals surface area contributed by atoms with E-state index in [2.05, 4.69) is 0 Å². The first kappa shape index (κ1) is 23.3. The maximum Gasteiger partial charge on any atom is 0.331 e. The van der Waals surface area contributed by atoms with Gasteiger partial charge in [0, 0.05) is 24.0 Å². The molecule has 0 unspecified atom stereocenters. The third kappa shape index (κ3) is 3.69. The first-order valence-corrected chi connectivity index (χ1v) is 11.3. The van der Waals surface area contributed by atoms with E-state index in [4.69, 9.17) is 18.6 Å². The molecule has 8 nitrogen and oxygen atoms in total. The van der Waals surface area contributed by atoms with Gasteiger partial charge in [-0.25, -0.2) is 4.79 Å². The highest BCUT2D eigenvalue weighted by molar-refractivity contribution is 5.94. The smallest absolute Gasteiger partial charge is 0.331 e. The number of cyclic esters (lactones) is 1. The van der Waals surface area contributed by atoms with Crippen molar-refractivity contribution < 1.29 is 37.8 Å². The lowest BCUT2D eigenvalue weighted by molar-refractivity contribution is -0.210. The highest BCUT2D eigenvalue weighted by Crippen LogP contribution is 2.65. The van der Waals surface area contributed by atoms with E-state index in [1.54, 1.807) is 13.0 Å². The minimum Gasteiger partial charge on any atom is -0.472 e. The predicted octanol–water partition coefficient (Wildman–Crippen LogP) is 3.56. The SMILES string of the molecule is C/C=C/C(=O)O[C@H]1C[C@@H](C(=O)OC)[C@]2(C)CC[C@H]3C(=O)O[C@H](c4ccoc4)C[C@]3(C)[C@H]2C1=O. The molecule has 3 aliphatic rings. The van der Waals surface area contributed by atoms with Crippen LogP contribution in [0.5, 0.6) is 0 Å². The molecule has 7 atom stereocenters. The molecule has 2 heterocycles. The van der Waals surface area contributed by atoms with Crippen molar-refractivity contribution in [3.8, 4) is 0 Å². The molecule has 1 saturated heterocycles. The van der Waals surface area contributed by atoms with Crippen LogP contribution < -0.4 is 0 Å². The Hall–Kier alpha value is -2.90. The van der Waals surface area contributed by atoms with Gasteiger partial charge in [0.2, 0.25) is 0 Å². The molecule has 3 fully saturated rings. The van der Waals surface area contributed by atoms with Gasteiger partial charge in [-0.2, -0.15) is 0 Å². The van der Waals surface area contributed by atoms with Crippen LogP contribution in [0.4, 0.5) is 0 Å². The number of ether oxygens (including phenoxy) is 3. The van der Waals surface area contributed by atoms with Gasteiger partial charge in [0.05, 0.1) is 31.5 Å². The highest BCUT2D eigenvalue weighted by atomic mass is 16.6. The van der Waals surface area contributed by atoms with Crippen LogP contribution in [-0.2, 0) is 33.4 Å². The number of carbonyl (C=O) groups is 4. The van der Waals surface area contributed by atoms with Crippen LogP contribution in [0.1, 0.15) is 58.1 Å². The van der Waals surface area contributed by atoms with Gasteiger partial charge in [-0.15, -0.1) is 0 Å². The summed E-state index contributed by atoms with van der Waals surface area (Å²) in [5.74, 6) is -3.50. The van der Waals surface area contributed by atoms with Gasteiger partial charge in [0.1, 0.15) is 6.10 Å². The molecule has 0 amide bonds. The number of carbonyl (C=O) groups excluding carboxylic acids is 4. The van der Waals surface area contributed by atoms with E-state index in [1.807, 2.05) is 13.8 Å². The van der Waals surface area contributed by atoms with Crippen molar-refractivity contribution in [3.05, 3.63) is 36.3 Å². The molecule has 8 heteroatoms. The van der Waals surface area contributed by atoms with Crippen molar-refractivity contribution in [2.75, 3.05) is 7.11 Å². The third-order valence-electron chi connectivity index (χ3n) is 8.06. The Kier molecular flexibility index (Phi) is 5.97. The zero-order valence-electron chi connectivity index (χ0n) is 19.4. The minimum absolute atomic E-state index is 0.0676. The standard InChI is InChI=1S/C25H30O8/c1-5-6-19(26)32-17-11-16(22(28)30-4)24(2)9-7-15-23(29)33-18(14-8-10-31-13-14)12-25(15,3)21(24)20(17)27/h5-6,8,10,13,15-18,21H,7,9,11-12H2,1-4H3/b6-5+/t15-,16-,17-,18-,21-,24-,25-/m0/s1. The molecule has 0 radical (unpaired) electrons. The predicted molar refractivity (Wildman–Crippen MR) is 114 cm³/mol. The minimum atomic E-state index is -1.09. The van der Waals surface area contributed by atoms with E-state index >= 15 is 0 Å². The Morgan fingerprint density at radius 1 is 1.21 bits per heavy atom. The number of furan rings is 1. The van der Waals surface area contributed by atoms with E-state index in [9.17, 15) is 19.2 Å². The van der Waals surface area contributed by atoms with Gasteiger partial charge in [-0.1, -0.05) is 19.9 Å². The average molecular weight is 459 g/mol. The number of Topliss-reactive ketones (excluding diaryl/α,β-unsaturated/α-hetero) is 1. The summed E-state index contributed by atoms with van der Waals surface area (Å²) in [6.45, 7) is 5.53. The second-order valence-corrected chi connectivity index (χ2v) is 9.86. The number of hydrogen-bond donors (Lipinski definition) is 0. The Morgan fingerprint density at radius 3 is 2.61 bits per heavy atom. The number of rotatable bonds is 4. The Bertz CT molecular complexity index is 979. The number of methoxy groups -OCH3 is 1. The van der Waals surface area contributed by atoms with E-state index in [0.29, 0.717) is 19.3 Å². The number of esters is 3. The largest absolute Gasteiger partial charge is 0.472 e. The molecule has 0 N–H and O–H groups in total. The first-order chi connectivity index (χ1) is 15.7. The maximum atomic E-state index is 13.9. The summed E-state index contributed by atoms with van der Waals surface area (Å²) in [4.78, 5) is 52.1. The van der Waals surface area contributed by atoms with E-state index in [1.165, 1.54) is 31.8 Å².